The SMILES string of the molecule is CC(N)C1CCN(C2CC(C)N(C)C2)CC1. The van der Waals surface area contributed by atoms with Crippen molar-refractivity contribution >= 4 is 0 Å². The van der Waals surface area contributed by atoms with E-state index in [1.165, 1.54) is 38.9 Å². The van der Waals surface area contributed by atoms with Gasteiger partial charge < -0.3 is 10.6 Å². The first-order valence-electron chi connectivity index (χ1n) is 6.77. The van der Waals surface area contributed by atoms with Crippen molar-refractivity contribution < 1.29 is 0 Å². The number of likely N-dealkylation sites (tertiary alicyclic amines) is 2. The monoisotopic (exact) mass is 225 g/mol. The summed E-state index contributed by atoms with van der Waals surface area (Å²) in [5.74, 6) is 0.757. The third-order valence-corrected chi connectivity index (χ3v) is 4.70. The van der Waals surface area contributed by atoms with Gasteiger partial charge in [0, 0.05) is 24.7 Å². The molecule has 0 spiro atoms. The number of hydrogen-bond donors (Lipinski definition) is 1. The van der Waals surface area contributed by atoms with Gasteiger partial charge in [0.15, 0.2) is 0 Å². The van der Waals surface area contributed by atoms with Crippen molar-refractivity contribution in [1.29, 1.82) is 0 Å². The van der Waals surface area contributed by atoms with E-state index in [4.69, 9.17) is 5.73 Å². The first kappa shape index (κ1) is 12.3. The first-order chi connectivity index (χ1) is 7.58. The Hall–Kier alpha value is -0.120. The highest BCUT2D eigenvalue weighted by atomic mass is 15.3. The minimum atomic E-state index is 0.382. The second-order valence-corrected chi connectivity index (χ2v) is 5.91. The summed E-state index contributed by atoms with van der Waals surface area (Å²) in [6.45, 7) is 8.28. The van der Waals surface area contributed by atoms with Crippen LogP contribution in [0.2, 0.25) is 0 Å². The lowest BCUT2D eigenvalue weighted by molar-refractivity contribution is 0.127. The van der Waals surface area contributed by atoms with Gasteiger partial charge in [-0.15, -0.1) is 0 Å². The summed E-state index contributed by atoms with van der Waals surface area (Å²) in [7, 11) is 2.25. The molecule has 0 bridgehead atoms. The number of nitrogens with zero attached hydrogens (tertiary/aromatic N) is 2. The van der Waals surface area contributed by atoms with Crippen LogP contribution in [0, 0.1) is 5.92 Å². The third-order valence-electron chi connectivity index (χ3n) is 4.70. The molecule has 0 aromatic carbocycles. The zero-order chi connectivity index (χ0) is 11.7. The van der Waals surface area contributed by atoms with Gasteiger partial charge in [0.2, 0.25) is 0 Å². The molecule has 3 atom stereocenters. The molecule has 3 unspecified atom stereocenters. The average Bonchev–Trinajstić information content (AvgIpc) is 2.59. The molecule has 2 N–H and O–H groups in total. The van der Waals surface area contributed by atoms with E-state index in [0.29, 0.717) is 6.04 Å². The number of nitrogens with two attached hydrogens (primary N) is 1. The normalized spacial score (nSPS) is 36.8. The van der Waals surface area contributed by atoms with E-state index in [1.807, 2.05) is 0 Å². The Kier molecular flexibility index (Phi) is 3.88. The van der Waals surface area contributed by atoms with Crippen LogP contribution >= 0.6 is 0 Å². The Morgan fingerprint density at radius 3 is 2.31 bits per heavy atom. The molecule has 0 saturated carbocycles. The van der Waals surface area contributed by atoms with Crippen LogP contribution in [0.15, 0.2) is 0 Å². The molecule has 0 aliphatic carbocycles. The molecule has 0 amide bonds. The molecule has 2 heterocycles. The lowest BCUT2D eigenvalue weighted by Crippen LogP contribution is -2.45. The van der Waals surface area contributed by atoms with Crippen LogP contribution in [0.5, 0.6) is 0 Å². The standard InChI is InChI=1S/C13H27N3/c1-10-8-13(9-15(10)3)16-6-4-12(5-7-16)11(2)14/h10-13H,4-9,14H2,1-3H3. The molecule has 2 rings (SSSR count). The van der Waals surface area contributed by atoms with Gasteiger partial charge in [-0.2, -0.15) is 0 Å². The van der Waals surface area contributed by atoms with E-state index in [9.17, 15) is 0 Å². The Morgan fingerprint density at radius 2 is 1.88 bits per heavy atom. The van der Waals surface area contributed by atoms with Crippen molar-refractivity contribution in [3.05, 3.63) is 0 Å². The lowest BCUT2D eigenvalue weighted by atomic mass is 9.90. The van der Waals surface area contributed by atoms with Gasteiger partial charge >= 0.3 is 0 Å². The minimum absolute atomic E-state index is 0.382. The molecule has 3 heteroatoms. The third kappa shape index (κ3) is 2.58. The molecule has 0 aromatic rings. The van der Waals surface area contributed by atoms with Gasteiger partial charge in [-0.05, 0) is 59.2 Å². The summed E-state index contributed by atoms with van der Waals surface area (Å²) < 4.78 is 0. The molecule has 2 saturated heterocycles. The predicted molar refractivity (Wildman–Crippen MR) is 68.4 cm³/mol. The first-order valence-corrected chi connectivity index (χ1v) is 6.77. The summed E-state index contributed by atoms with van der Waals surface area (Å²) in [5.41, 5.74) is 5.98. The molecule has 2 fully saturated rings. The molecule has 2 aliphatic heterocycles. The molecule has 2 aliphatic rings. The maximum Gasteiger partial charge on any atom is 0.0237 e. The van der Waals surface area contributed by atoms with Crippen LogP contribution in [0.4, 0.5) is 0 Å². The Bertz CT molecular complexity index is 211. The fourth-order valence-electron chi connectivity index (χ4n) is 3.24. The van der Waals surface area contributed by atoms with Crippen LogP contribution in [0.3, 0.4) is 0 Å². The van der Waals surface area contributed by atoms with Gasteiger partial charge in [-0.1, -0.05) is 0 Å². The number of piperidine rings is 1. The van der Waals surface area contributed by atoms with Crippen LogP contribution in [0.25, 0.3) is 0 Å². The van der Waals surface area contributed by atoms with Crippen LogP contribution < -0.4 is 5.73 Å². The number of rotatable bonds is 2. The van der Waals surface area contributed by atoms with E-state index < -0.39 is 0 Å². The van der Waals surface area contributed by atoms with E-state index >= 15 is 0 Å². The smallest absolute Gasteiger partial charge is 0.0237 e. The average molecular weight is 225 g/mol. The minimum Gasteiger partial charge on any atom is -0.328 e. The van der Waals surface area contributed by atoms with Crippen molar-refractivity contribution in [2.75, 3.05) is 26.7 Å². The van der Waals surface area contributed by atoms with Gasteiger partial charge in [0.25, 0.3) is 0 Å². The largest absolute Gasteiger partial charge is 0.328 e. The van der Waals surface area contributed by atoms with Crippen LogP contribution in [0.1, 0.15) is 33.1 Å². The highest BCUT2D eigenvalue weighted by Gasteiger charge is 2.33. The van der Waals surface area contributed by atoms with E-state index in [0.717, 1.165) is 18.0 Å². The molecular formula is C13H27N3. The maximum absolute atomic E-state index is 5.98. The van der Waals surface area contributed by atoms with E-state index in [-0.39, 0.29) is 0 Å². The van der Waals surface area contributed by atoms with Crippen molar-refractivity contribution in [1.82, 2.24) is 9.80 Å². The van der Waals surface area contributed by atoms with Gasteiger partial charge in [-0.25, -0.2) is 0 Å². The molecular weight excluding hydrogens is 198 g/mol. The quantitative estimate of drug-likeness (QED) is 0.765. The Labute approximate surface area is 100.0 Å². The van der Waals surface area contributed by atoms with Gasteiger partial charge in [-0.3, -0.25) is 4.90 Å². The van der Waals surface area contributed by atoms with Crippen LogP contribution in [-0.4, -0.2) is 54.6 Å². The second-order valence-electron chi connectivity index (χ2n) is 5.91. The molecule has 16 heavy (non-hydrogen) atoms. The second kappa shape index (κ2) is 5.03. The van der Waals surface area contributed by atoms with E-state index in [2.05, 4.69) is 30.7 Å². The summed E-state index contributed by atoms with van der Waals surface area (Å²) in [5, 5.41) is 0. The zero-order valence-electron chi connectivity index (χ0n) is 11.0. The number of hydrogen-bond acceptors (Lipinski definition) is 3. The summed E-state index contributed by atoms with van der Waals surface area (Å²) >= 11 is 0. The highest BCUT2D eigenvalue weighted by molar-refractivity contribution is 4.89. The Morgan fingerprint density at radius 1 is 1.25 bits per heavy atom. The predicted octanol–water partition coefficient (Wildman–Crippen LogP) is 1.14. The topological polar surface area (TPSA) is 32.5 Å². The fraction of sp³-hybridized carbons (Fsp3) is 1.00. The van der Waals surface area contributed by atoms with Crippen molar-refractivity contribution in [2.45, 2.75) is 51.2 Å². The molecule has 3 nitrogen and oxygen atoms in total. The maximum atomic E-state index is 5.98. The lowest BCUT2D eigenvalue weighted by Gasteiger charge is -2.37. The summed E-state index contributed by atoms with van der Waals surface area (Å²) in [6.07, 6.45) is 3.94. The highest BCUT2D eigenvalue weighted by Crippen LogP contribution is 2.26. The van der Waals surface area contributed by atoms with Crippen molar-refractivity contribution in [3.8, 4) is 0 Å². The number of likely N-dealkylation sites (N-methyl/N-ethyl adjacent to an activating group) is 1. The van der Waals surface area contributed by atoms with E-state index in [1.54, 1.807) is 0 Å². The van der Waals surface area contributed by atoms with Gasteiger partial charge in [0.05, 0.1) is 0 Å². The fourth-order valence-corrected chi connectivity index (χ4v) is 3.24. The van der Waals surface area contributed by atoms with Crippen molar-refractivity contribution in [2.24, 2.45) is 11.7 Å². The molecule has 0 radical (unpaired) electrons. The summed E-state index contributed by atoms with van der Waals surface area (Å²) in [4.78, 5) is 5.18. The summed E-state index contributed by atoms with van der Waals surface area (Å²) in [6, 6.07) is 1.94. The van der Waals surface area contributed by atoms with Crippen molar-refractivity contribution in [3.63, 3.8) is 0 Å². The zero-order valence-corrected chi connectivity index (χ0v) is 11.0. The molecule has 94 valence electrons. The van der Waals surface area contributed by atoms with Crippen LogP contribution in [-0.2, 0) is 0 Å². The molecule has 0 aromatic heterocycles. The Balaban J connectivity index is 1.81. The van der Waals surface area contributed by atoms with Gasteiger partial charge in [0.1, 0.15) is 0 Å².